The van der Waals surface area contributed by atoms with Gasteiger partial charge in [-0.15, -0.1) is 0 Å². The van der Waals surface area contributed by atoms with Crippen LogP contribution in [-0.2, 0) is 25.7 Å². The number of fused-ring (bicyclic) bond motifs is 8. The molecule has 4 aromatic heterocycles. The van der Waals surface area contributed by atoms with E-state index in [1.807, 2.05) is 0 Å². The fraction of sp³-hybridized carbons (Fsp3) is 0.448. The van der Waals surface area contributed by atoms with Crippen molar-refractivity contribution < 1.29 is 0 Å². The van der Waals surface area contributed by atoms with Gasteiger partial charge in [0.15, 0.2) is 0 Å². The SMILES string of the molecule is N=c1c2c(c3nc4c(=O)c5c(=O)n6c(=N)c7c(c6nc5c(=O)c4c(=O)n13)CCCCCC7)CCCCCCC2. The van der Waals surface area contributed by atoms with E-state index < -0.39 is 32.7 Å². The van der Waals surface area contributed by atoms with Gasteiger partial charge in [-0.25, -0.2) is 18.8 Å². The topological polar surface area (TPSA) is 151 Å². The minimum atomic E-state index is -0.816. The molecule has 0 aliphatic heterocycles. The molecule has 0 amide bonds. The summed E-state index contributed by atoms with van der Waals surface area (Å²) < 4.78 is 2.31. The molecule has 0 saturated heterocycles. The second kappa shape index (κ2) is 8.72. The highest BCUT2D eigenvalue weighted by Gasteiger charge is 2.27. The van der Waals surface area contributed by atoms with Crippen LogP contribution in [0.15, 0.2) is 19.2 Å². The van der Waals surface area contributed by atoms with Crippen molar-refractivity contribution in [1.29, 1.82) is 10.8 Å². The molecule has 0 saturated carbocycles. The van der Waals surface area contributed by atoms with Crippen molar-refractivity contribution in [1.82, 2.24) is 18.8 Å². The summed E-state index contributed by atoms with van der Waals surface area (Å²) in [7, 11) is 0. The largest absolute Gasteiger partial charge is 0.287 e. The Labute approximate surface area is 220 Å². The number of rotatable bonds is 0. The summed E-state index contributed by atoms with van der Waals surface area (Å²) in [6, 6.07) is 0. The summed E-state index contributed by atoms with van der Waals surface area (Å²) in [6.45, 7) is 0. The fourth-order valence-corrected chi connectivity index (χ4v) is 6.82. The van der Waals surface area contributed by atoms with Crippen molar-refractivity contribution in [3.05, 3.63) is 74.4 Å². The molecular formula is C29H28N6O4. The molecule has 0 fully saturated rings. The van der Waals surface area contributed by atoms with Crippen LogP contribution in [0.1, 0.15) is 80.0 Å². The van der Waals surface area contributed by atoms with E-state index in [4.69, 9.17) is 10.8 Å². The Morgan fingerprint density at radius 3 is 1.21 bits per heavy atom. The van der Waals surface area contributed by atoms with Gasteiger partial charge in [-0.3, -0.25) is 30.0 Å². The lowest BCUT2D eigenvalue weighted by Gasteiger charge is -2.08. The molecule has 0 unspecified atom stereocenters. The lowest BCUT2D eigenvalue weighted by Crippen LogP contribution is -2.34. The number of nitrogens with zero attached hydrogens (tertiary/aromatic N) is 4. The summed E-state index contributed by atoms with van der Waals surface area (Å²) in [5.74, 6) is 0. The van der Waals surface area contributed by atoms with E-state index in [-0.39, 0.29) is 33.3 Å². The predicted octanol–water partition coefficient (Wildman–Crippen LogP) is 1.71. The van der Waals surface area contributed by atoms with Crippen LogP contribution in [0, 0.1) is 10.8 Å². The third-order valence-electron chi connectivity index (χ3n) is 8.80. The lowest BCUT2D eigenvalue weighted by molar-refractivity contribution is 0.617. The fourth-order valence-electron chi connectivity index (χ4n) is 6.82. The molecule has 7 rings (SSSR count). The predicted molar refractivity (Wildman–Crippen MR) is 146 cm³/mol. The summed E-state index contributed by atoms with van der Waals surface area (Å²) in [5, 5.41) is 16.7. The molecule has 0 atom stereocenters. The van der Waals surface area contributed by atoms with Crippen molar-refractivity contribution in [3.8, 4) is 0 Å². The number of nitrogens with one attached hydrogen (secondary N) is 2. The maximum absolute atomic E-state index is 13.8. The van der Waals surface area contributed by atoms with Gasteiger partial charge >= 0.3 is 0 Å². The Bertz CT molecular complexity index is 2190. The van der Waals surface area contributed by atoms with Gasteiger partial charge in [-0.1, -0.05) is 32.1 Å². The van der Waals surface area contributed by atoms with E-state index in [0.29, 0.717) is 25.7 Å². The van der Waals surface area contributed by atoms with E-state index in [9.17, 15) is 19.2 Å². The normalized spacial score (nSPS) is 17.0. The quantitative estimate of drug-likeness (QED) is 0.294. The minimum absolute atomic E-state index is 0.0176. The molecule has 0 spiro atoms. The smallest absolute Gasteiger partial charge is 0.271 e. The first-order valence-electron chi connectivity index (χ1n) is 14.0. The molecule has 2 aliphatic carbocycles. The van der Waals surface area contributed by atoms with Gasteiger partial charge in [0.05, 0.1) is 0 Å². The summed E-state index contributed by atoms with van der Waals surface area (Å²) in [5.41, 5.74) is -0.297. The molecule has 0 bridgehead atoms. The Morgan fingerprint density at radius 2 is 0.821 bits per heavy atom. The van der Waals surface area contributed by atoms with E-state index in [1.54, 1.807) is 0 Å². The molecule has 198 valence electrons. The zero-order valence-electron chi connectivity index (χ0n) is 21.6. The number of hydrogen-bond donors (Lipinski definition) is 2. The summed E-state index contributed by atoms with van der Waals surface area (Å²) in [4.78, 5) is 64.2. The standard InChI is InChI=1S/C29H28N6O4/c30-24-14-10-6-2-1-3-8-12-16(14)26-32-20-18(28(38)34(24)26)23(37)21-19(22(20)36)29(39)35-25(31)15-11-7-4-5-9-13-17(15)27(35)33-21/h30-31H,1-13H2. The van der Waals surface area contributed by atoms with Gasteiger partial charge in [0.25, 0.3) is 11.1 Å². The van der Waals surface area contributed by atoms with E-state index in [0.717, 1.165) is 88.8 Å². The second-order valence-electron chi connectivity index (χ2n) is 11.1. The first kappa shape index (κ1) is 24.0. The highest BCUT2D eigenvalue weighted by atomic mass is 16.2. The van der Waals surface area contributed by atoms with E-state index >= 15 is 0 Å². The molecule has 2 N–H and O–H groups in total. The Morgan fingerprint density at radius 1 is 0.487 bits per heavy atom. The molecule has 5 aromatic rings. The van der Waals surface area contributed by atoms with Crippen LogP contribution < -0.4 is 33.0 Å². The highest BCUT2D eigenvalue weighted by molar-refractivity contribution is 5.95. The molecule has 10 nitrogen and oxygen atoms in total. The minimum Gasteiger partial charge on any atom is -0.287 e. The van der Waals surface area contributed by atoms with Crippen LogP contribution in [0.25, 0.3) is 33.1 Å². The first-order chi connectivity index (χ1) is 18.9. The molecule has 1 aromatic carbocycles. The van der Waals surface area contributed by atoms with E-state index in [2.05, 4.69) is 9.97 Å². The molecule has 39 heavy (non-hydrogen) atoms. The van der Waals surface area contributed by atoms with Crippen molar-refractivity contribution in [2.45, 2.75) is 83.5 Å². The summed E-state index contributed by atoms with van der Waals surface area (Å²) in [6.07, 6.45) is 11.3. The highest BCUT2D eigenvalue weighted by Crippen LogP contribution is 2.23. The van der Waals surface area contributed by atoms with Gasteiger partial charge in [-0.05, 0) is 51.4 Å². The number of aryl methyl sites for hydroxylation is 2. The maximum atomic E-state index is 13.8. The van der Waals surface area contributed by atoms with Gasteiger partial charge in [0.2, 0.25) is 10.9 Å². The van der Waals surface area contributed by atoms with E-state index in [1.165, 1.54) is 0 Å². The van der Waals surface area contributed by atoms with Gasteiger partial charge < -0.3 is 0 Å². The zero-order chi connectivity index (χ0) is 27.0. The van der Waals surface area contributed by atoms with Crippen LogP contribution in [0.2, 0.25) is 0 Å². The van der Waals surface area contributed by atoms with Crippen LogP contribution >= 0.6 is 0 Å². The van der Waals surface area contributed by atoms with Crippen LogP contribution in [0.5, 0.6) is 0 Å². The second-order valence-corrected chi connectivity index (χ2v) is 11.1. The summed E-state index contributed by atoms with van der Waals surface area (Å²) >= 11 is 0. The van der Waals surface area contributed by atoms with Crippen LogP contribution in [0.3, 0.4) is 0 Å². The van der Waals surface area contributed by atoms with Crippen molar-refractivity contribution in [2.75, 3.05) is 0 Å². The molecular weight excluding hydrogens is 496 g/mol. The maximum Gasteiger partial charge on any atom is 0.271 e. The molecule has 10 heteroatoms. The molecule has 4 heterocycles. The Hall–Kier alpha value is -4.08. The van der Waals surface area contributed by atoms with Crippen LogP contribution in [0.4, 0.5) is 0 Å². The average molecular weight is 525 g/mol. The average Bonchev–Trinajstić information content (AvgIpc) is 3.35. The third-order valence-corrected chi connectivity index (χ3v) is 8.80. The van der Waals surface area contributed by atoms with Gasteiger partial charge in [-0.2, -0.15) is 0 Å². The third kappa shape index (κ3) is 3.26. The number of hydrogen-bond acceptors (Lipinski definition) is 8. The Kier molecular flexibility index (Phi) is 5.37. The zero-order valence-corrected chi connectivity index (χ0v) is 21.6. The number of benzene rings is 1. The Balaban J connectivity index is 1.64. The van der Waals surface area contributed by atoms with Crippen molar-refractivity contribution >= 4 is 33.1 Å². The molecule has 2 aliphatic rings. The number of aromatic nitrogens is 4. The van der Waals surface area contributed by atoms with Gasteiger partial charge in [0.1, 0.15) is 44.1 Å². The van der Waals surface area contributed by atoms with Crippen LogP contribution in [-0.4, -0.2) is 18.8 Å². The van der Waals surface area contributed by atoms with Crippen molar-refractivity contribution in [3.63, 3.8) is 0 Å². The monoisotopic (exact) mass is 524 g/mol. The lowest BCUT2D eigenvalue weighted by atomic mass is 9.96. The first-order valence-corrected chi connectivity index (χ1v) is 14.0. The van der Waals surface area contributed by atoms with Crippen molar-refractivity contribution in [2.24, 2.45) is 0 Å². The van der Waals surface area contributed by atoms with Gasteiger partial charge in [0, 0.05) is 22.3 Å². The molecule has 0 radical (unpaired) electrons.